The van der Waals surface area contributed by atoms with Gasteiger partial charge in [-0.1, -0.05) is 6.92 Å². The maximum atomic E-state index is 11.7. The highest BCUT2D eigenvalue weighted by molar-refractivity contribution is 14.0. The molecular formula is C16H34IN5O2. The van der Waals surface area contributed by atoms with Gasteiger partial charge in [-0.05, 0) is 26.7 Å². The summed E-state index contributed by atoms with van der Waals surface area (Å²) < 4.78 is 4.91. The summed E-state index contributed by atoms with van der Waals surface area (Å²) in [5, 5.41) is 9.45. The summed E-state index contributed by atoms with van der Waals surface area (Å²) in [7, 11) is 1.61. The first-order valence-electron chi connectivity index (χ1n) is 8.52. The van der Waals surface area contributed by atoms with E-state index >= 15 is 0 Å². The topological polar surface area (TPSA) is 78.0 Å². The SMILES string of the molecule is CCNC(=NCC(=O)NCCOC)NC1CN(C(C)C)CC1C.I. The number of nitrogens with one attached hydrogen (secondary N) is 3. The Morgan fingerprint density at radius 1 is 1.33 bits per heavy atom. The molecule has 0 bridgehead atoms. The molecule has 1 amide bonds. The number of hydrogen-bond acceptors (Lipinski definition) is 4. The smallest absolute Gasteiger partial charge is 0.241 e. The second-order valence-corrected chi connectivity index (χ2v) is 6.31. The van der Waals surface area contributed by atoms with Crippen LogP contribution in [0.25, 0.3) is 0 Å². The van der Waals surface area contributed by atoms with Crippen LogP contribution in [-0.2, 0) is 9.53 Å². The van der Waals surface area contributed by atoms with Gasteiger partial charge in [-0.25, -0.2) is 4.99 Å². The lowest BCUT2D eigenvalue weighted by Gasteiger charge is -2.21. The molecule has 2 unspecified atom stereocenters. The van der Waals surface area contributed by atoms with E-state index in [4.69, 9.17) is 4.74 Å². The number of carbonyl (C=O) groups excluding carboxylic acids is 1. The van der Waals surface area contributed by atoms with E-state index in [9.17, 15) is 4.79 Å². The van der Waals surface area contributed by atoms with Gasteiger partial charge >= 0.3 is 0 Å². The molecular weight excluding hydrogens is 421 g/mol. The Morgan fingerprint density at radius 3 is 2.58 bits per heavy atom. The minimum absolute atomic E-state index is 0. The zero-order valence-electron chi connectivity index (χ0n) is 15.6. The van der Waals surface area contributed by atoms with Crippen molar-refractivity contribution in [3.8, 4) is 0 Å². The van der Waals surface area contributed by atoms with Crippen molar-refractivity contribution in [3.63, 3.8) is 0 Å². The molecule has 1 fully saturated rings. The van der Waals surface area contributed by atoms with Gasteiger partial charge in [-0.2, -0.15) is 0 Å². The van der Waals surface area contributed by atoms with Gasteiger partial charge in [0.05, 0.1) is 6.61 Å². The van der Waals surface area contributed by atoms with Crippen LogP contribution in [0.5, 0.6) is 0 Å². The molecule has 2 atom stereocenters. The van der Waals surface area contributed by atoms with E-state index in [1.807, 2.05) is 6.92 Å². The molecule has 0 aliphatic carbocycles. The summed E-state index contributed by atoms with van der Waals surface area (Å²) >= 11 is 0. The Kier molecular flexibility index (Phi) is 12.4. The van der Waals surface area contributed by atoms with E-state index in [-0.39, 0.29) is 36.4 Å². The fourth-order valence-electron chi connectivity index (χ4n) is 2.61. The predicted octanol–water partition coefficient (Wildman–Crippen LogP) is 0.651. The van der Waals surface area contributed by atoms with Gasteiger partial charge in [0.15, 0.2) is 5.96 Å². The zero-order chi connectivity index (χ0) is 17.2. The summed E-state index contributed by atoms with van der Waals surface area (Å²) in [4.78, 5) is 18.6. The summed E-state index contributed by atoms with van der Waals surface area (Å²) in [5.74, 6) is 1.16. The molecule has 1 rings (SSSR count). The Labute approximate surface area is 163 Å². The normalized spacial score (nSPS) is 21.5. The largest absolute Gasteiger partial charge is 0.383 e. The van der Waals surface area contributed by atoms with Gasteiger partial charge in [0.2, 0.25) is 5.91 Å². The van der Waals surface area contributed by atoms with Crippen LogP contribution in [0.1, 0.15) is 27.7 Å². The molecule has 1 aliphatic heterocycles. The first-order chi connectivity index (χ1) is 11.0. The Balaban J connectivity index is 0.00000529. The van der Waals surface area contributed by atoms with E-state index in [1.54, 1.807) is 7.11 Å². The number of guanidine groups is 1. The monoisotopic (exact) mass is 455 g/mol. The van der Waals surface area contributed by atoms with Crippen molar-refractivity contribution < 1.29 is 9.53 Å². The van der Waals surface area contributed by atoms with Crippen molar-refractivity contribution in [1.29, 1.82) is 0 Å². The molecule has 1 aliphatic rings. The lowest BCUT2D eigenvalue weighted by atomic mass is 10.1. The van der Waals surface area contributed by atoms with Crippen LogP contribution in [0.15, 0.2) is 4.99 Å². The Hall–Kier alpha value is -0.610. The molecule has 0 aromatic carbocycles. The quantitative estimate of drug-likeness (QED) is 0.217. The number of carbonyl (C=O) groups is 1. The molecule has 7 nitrogen and oxygen atoms in total. The van der Waals surface area contributed by atoms with Crippen molar-refractivity contribution in [2.24, 2.45) is 10.9 Å². The Bertz CT molecular complexity index is 393. The van der Waals surface area contributed by atoms with Crippen molar-refractivity contribution in [2.75, 3.05) is 46.4 Å². The van der Waals surface area contributed by atoms with Crippen molar-refractivity contribution in [1.82, 2.24) is 20.9 Å². The van der Waals surface area contributed by atoms with Crippen LogP contribution < -0.4 is 16.0 Å². The third kappa shape index (κ3) is 8.48. The zero-order valence-corrected chi connectivity index (χ0v) is 17.9. The van der Waals surface area contributed by atoms with Gasteiger partial charge in [-0.3, -0.25) is 9.69 Å². The highest BCUT2D eigenvalue weighted by Crippen LogP contribution is 2.18. The predicted molar refractivity (Wildman–Crippen MR) is 109 cm³/mol. The van der Waals surface area contributed by atoms with Crippen molar-refractivity contribution in [3.05, 3.63) is 0 Å². The van der Waals surface area contributed by atoms with Crippen LogP contribution in [0.4, 0.5) is 0 Å². The van der Waals surface area contributed by atoms with Crippen LogP contribution in [0.2, 0.25) is 0 Å². The number of hydrogen-bond donors (Lipinski definition) is 3. The van der Waals surface area contributed by atoms with Crippen LogP contribution in [0.3, 0.4) is 0 Å². The minimum atomic E-state index is -0.0949. The fraction of sp³-hybridized carbons (Fsp3) is 0.875. The first kappa shape index (κ1) is 23.4. The van der Waals surface area contributed by atoms with E-state index in [0.717, 1.165) is 19.6 Å². The first-order valence-corrected chi connectivity index (χ1v) is 8.52. The van der Waals surface area contributed by atoms with Gasteiger partial charge < -0.3 is 20.7 Å². The average molecular weight is 455 g/mol. The second-order valence-electron chi connectivity index (χ2n) is 6.31. The minimum Gasteiger partial charge on any atom is -0.383 e. The van der Waals surface area contributed by atoms with E-state index < -0.39 is 0 Å². The van der Waals surface area contributed by atoms with Crippen LogP contribution in [0, 0.1) is 5.92 Å². The summed E-state index contributed by atoms with van der Waals surface area (Å²) in [6.45, 7) is 12.7. The molecule has 1 heterocycles. The van der Waals surface area contributed by atoms with Crippen molar-refractivity contribution in [2.45, 2.75) is 39.8 Å². The number of halogens is 1. The lowest BCUT2D eigenvalue weighted by molar-refractivity contribution is -0.119. The highest BCUT2D eigenvalue weighted by atomic mass is 127. The van der Waals surface area contributed by atoms with Crippen LogP contribution in [-0.4, -0.2) is 75.3 Å². The summed E-state index contributed by atoms with van der Waals surface area (Å²) in [6.07, 6.45) is 0. The third-order valence-corrected chi connectivity index (χ3v) is 4.05. The van der Waals surface area contributed by atoms with E-state index in [0.29, 0.717) is 37.1 Å². The van der Waals surface area contributed by atoms with Gasteiger partial charge in [0.1, 0.15) is 6.54 Å². The molecule has 0 radical (unpaired) electrons. The molecule has 24 heavy (non-hydrogen) atoms. The molecule has 3 N–H and O–H groups in total. The molecule has 142 valence electrons. The van der Waals surface area contributed by atoms with Gasteiger partial charge in [0.25, 0.3) is 0 Å². The lowest BCUT2D eigenvalue weighted by Crippen LogP contribution is -2.47. The number of rotatable bonds is 8. The number of methoxy groups -OCH3 is 1. The van der Waals surface area contributed by atoms with Gasteiger partial charge in [0, 0.05) is 45.4 Å². The number of amides is 1. The molecule has 0 spiro atoms. The average Bonchev–Trinajstić information content (AvgIpc) is 2.87. The van der Waals surface area contributed by atoms with E-state index in [2.05, 4.69) is 46.6 Å². The maximum Gasteiger partial charge on any atom is 0.241 e. The van der Waals surface area contributed by atoms with Crippen molar-refractivity contribution >= 4 is 35.8 Å². The van der Waals surface area contributed by atoms with Gasteiger partial charge in [-0.15, -0.1) is 24.0 Å². The number of likely N-dealkylation sites (tertiary alicyclic amines) is 1. The highest BCUT2D eigenvalue weighted by Gasteiger charge is 2.31. The van der Waals surface area contributed by atoms with Crippen LogP contribution >= 0.6 is 24.0 Å². The third-order valence-electron chi connectivity index (χ3n) is 4.05. The number of nitrogens with zero attached hydrogens (tertiary/aromatic N) is 2. The molecule has 0 aromatic heterocycles. The Morgan fingerprint density at radius 2 is 2.04 bits per heavy atom. The molecule has 8 heteroatoms. The molecule has 0 aromatic rings. The second kappa shape index (κ2) is 12.7. The molecule has 1 saturated heterocycles. The van der Waals surface area contributed by atoms with E-state index in [1.165, 1.54) is 0 Å². The summed E-state index contributed by atoms with van der Waals surface area (Å²) in [6, 6.07) is 0.905. The number of ether oxygens (including phenoxy) is 1. The standard InChI is InChI=1S/C16H33N5O2.HI/c1-6-17-16(19-9-15(22)18-7-8-23-5)20-14-11-21(12(2)3)10-13(14)4;/h12-14H,6-11H2,1-5H3,(H,18,22)(H2,17,19,20);1H. The summed E-state index contributed by atoms with van der Waals surface area (Å²) in [5.41, 5.74) is 0. The maximum absolute atomic E-state index is 11.7. The number of aliphatic imine (C=N–C) groups is 1. The fourth-order valence-corrected chi connectivity index (χ4v) is 2.61. The molecule has 0 saturated carbocycles.